The lowest BCUT2D eigenvalue weighted by molar-refractivity contribution is -1.08. The van der Waals surface area contributed by atoms with E-state index in [9.17, 15) is 16.8 Å². The van der Waals surface area contributed by atoms with Gasteiger partial charge in [-0.25, -0.2) is 13.2 Å². The van der Waals surface area contributed by atoms with Crippen LogP contribution < -0.4 is 0 Å². The lowest BCUT2D eigenvalue weighted by Crippen LogP contribution is -2.43. The molecule has 0 fully saturated rings. The molecule has 0 rings (SSSR count). The molecule has 0 amide bonds. The summed E-state index contributed by atoms with van der Waals surface area (Å²) in [6.07, 6.45) is 5.64. The maximum atomic E-state index is 10.4. The van der Waals surface area contributed by atoms with E-state index >= 15 is 0 Å². The van der Waals surface area contributed by atoms with Crippen LogP contribution in [0, 0.1) is 0 Å². The van der Waals surface area contributed by atoms with E-state index in [2.05, 4.69) is 22.5 Å². The molecule has 0 saturated heterocycles. The molecular weight excluding hydrogens is 1990 g/mol. The lowest BCUT2D eigenvalue weighted by atomic mass is 10.3. The zero-order valence-electron chi connectivity index (χ0n) is 89.0. The quantitative estimate of drug-likeness (QED) is 0.0379. The largest absolute Gasteiger partial charge is 0.397 e. The van der Waals surface area contributed by atoms with Crippen molar-refractivity contribution in [2.45, 2.75) is 38.5 Å². The van der Waals surface area contributed by atoms with Crippen molar-refractivity contribution in [3.8, 4) is 0 Å². The Labute approximate surface area is 871 Å². The third kappa shape index (κ3) is 134. The van der Waals surface area contributed by atoms with Gasteiger partial charge >= 0.3 is 20.8 Å². The summed E-state index contributed by atoms with van der Waals surface area (Å²) in [5, 5.41) is 0. The number of hydroxylamine groups is 3. The molecule has 0 radical (unpaired) electrons. The van der Waals surface area contributed by atoms with Crippen molar-refractivity contribution in [2.24, 2.45) is 0 Å². The molecule has 0 aromatic carbocycles. The Morgan fingerprint density at radius 1 is 0.130 bits per heavy atom. The average Bonchev–Trinajstić information content (AvgIpc) is 0.940. The number of unbranched alkanes of at least 4 members (excludes halogenated alkanes) is 2. The minimum absolute atomic E-state index is 0.0185. The van der Waals surface area contributed by atoms with Gasteiger partial charge in [-0.1, -0.05) is 0 Å². The first kappa shape index (κ1) is 144. The second-order valence-corrected chi connectivity index (χ2v) is 34.2. The van der Waals surface area contributed by atoms with E-state index in [1.165, 1.54) is 0 Å². The van der Waals surface area contributed by atoms with Crippen LogP contribution in [0.3, 0.4) is 0 Å². The van der Waals surface area contributed by atoms with Gasteiger partial charge in [-0.15, -0.1) is 0 Å². The van der Waals surface area contributed by atoms with Gasteiger partial charge < -0.3 is 189 Å². The smallest absolute Gasteiger partial charge is 0.381 e. The SMILES string of the molecule is C[N+](C)(CCCOCCCCOCCC[N+](C)(C)OCCOCCOCCOCCOCCOCCOCCOCCOCCOCCCCOCCOCCOCCOCCOCCOCCOCCOCCOCCOS(=O)(=O)O)CCOCCOCCOCCOCCOCCOCCOCCOCCOCCOCCOCCOCCOCCOCCOCCOCCOCCOCCOCCOS(=O)(=O)O. The lowest BCUT2D eigenvalue weighted by Gasteiger charge is -2.29. The molecule has 0 unspecified atom stereocenters. The van der Waals surface area contributed by atoms with Crippen LogP contribution in [-0.2, 0) is 219 Å². The van der Waals surface area contributed by atoms with Crippen molar-refractivity contribution in [3.63, 3.8) is 0 Å². The van der Waals surface area contributed by atoms with E-state index in [-0.39, 0.29) is 39.6 Å². The van der Waals surface area contributed by atoms with Gasteiger partial charge in [0, 0.05) is 39.3 Å². The summed E-state index contributed by atoms with van der Waals surface area (Å²) in [6.45, 7) is 39.4. The van der Waals surface area contributed by atoms with Crippen LogP contribution in [0.4, 0.5) is 0 Å². The van der Waals surface area contributed by atoms with Crippen LogP contribution in [-0.4, -0.2) is 618 Å². The van der Waals surface area contributed by atoms with Crippen LogP contribution in [0.25, 0.3) is 0 Å². The van der Waals surface area contributed by atoms with Crippen LogP contribution in [0.15, 0.2) is 0 Å². The normalized spacial score (nSPS) is 12.3. The fraction of sp³-hybridized carbons (Fsp3) is 1.00. The van der Waals surface area contributed by atoms with E-state index in [4.69, 9.17) is 199 Å². The summed E-state index contributed by atoms with van der Waals surface area (Å²) in [5.41, 5.74) is 0. The average molecular weight is 2180 g/mol. The van der Waals surface area contributed by atoms with Gasteiger partial charge in [0.2, 0.25) is 0 Å². The predicted octanol–water partition coefficient (Wildman–Crippen LogP) is 1.70. The minimum Gasteiger partial charge on any atom is -0.381 e. The van der Waals surface area contributed by atoms with Gasteiger partial charge in [-0.2, -0.15) is 21.5 Å². The Balaban J connectivity index is 3.25. The molecule has 52 heteroatoms. The fourth-order valence-electron chi connectivity index (χ4n) is 11.2. The van der Waals surface area contributed by atoms with Crippen LogP contribution in [0.5, 0.6) is 0 Å². The molecule has 878 valence electrons. The molecule has 0 spiro atoms. The summed E-state index contributed by atoms with van der Waals surface area (Å²) in [6, 6.07) is 0. The van der Waals surface area contributed by atoms with Gasteiger partial charge in [0.25, 0.3) is 0 Å². The van der Waals surface area contributed by atoms with Crippen molar-refractivity contribution in [2.75, 3.05) is 583 Å². The number of ether oxygens (including phenoxy) is 39. The number of likely N-dealkylation sites (N-methyl/N-ethyl adjacent to an activating group) is 1. The Morgan fingerprint density at radius 2 is 0.240 bits per heavy atom. The van der Waals surface area contributed by atoms with Crippen LogP contribution >= 0.6 is 0 Å². The third-order valence-corrected chi connectivity index (χ3v) is 19.7. The molecule has 0 saturated carbocycles. The topological polar surface area (TPSA) is 496 Å². The molecule has 0 heterocycles. The highest BCUT2D eigenvalue weighted by atomic mass is 32.3. The number of rotatable bonds is 135. The van der Waals surface area contributed by atoms with E-state index in [1.54, 1.807) is 0 Å². The van der Waals surface area contributed by atoms with E-state index < -0.39 is 20.8 Å². The summed E-state index contributed by atoms with van der Waals surface area (Å²) in [5.74, 6) is 0. The molecule has 0 aromatic heterocycles. The molecule has 0 aromatic rings. The van der Waals surface area contributed by atoms with Crippen molar-refractivity contribution in [1.82, 2.24) is 0 Å². The van der Waals surface area contributed by atoms with E-state index in [0.717, 1.165) is 82.5 Å². The van der Waals surface area contributed by atoms with Crippen molar-refractivity contribution >= 4 is 20.8 Å². The molecule has 0 aliphatic heterocycles. The Kier molecular flexibility index (Phi) is 120. The molecule has 0 bridgehead atoms. The first-order valence-electron chi connectivity index (χ1n) is 51.7. The summed E-state index contributed by atoms with van der Waals surface area (Å²) >= 11 is 0. The zero-order valence-corrected chi connectivity index (χ0v) is 90.7. The summed E-state index contributed by atoms with van der Waals surface area (Å²) in [7, 11) is -0.360. The maximum absolute atomic E-state index is 10.4. The zero-order chi connectivity index (χ0) is 105. The monoisotopic (exact) mass is 2180 g/mol. The molecule has 146 heavy (non-hydrogen) atoms. The molecular formula is C94H194N2O48S2+2. The van der Waals surface area contributed by atoms with Crippen molar-refractivity contribution in [3.05, 3.63) is 0 Å². The van der Waals surface area contributed by atoms with Gasteiger partial charge in [-0.3, -0.25) is 9.11 Å². The molecule has 2 N–H and O–H groups in total. The van der Waals surface area contributed by atoms with E-state index in [0.29, 0.717) is 480 Å². The second kappa shape index (κ2) is 122. The maximum Gasteiger partial charge on any atom is 0.397 e. The van der Waals surface area contributed by atoms with Crippen molar-refractivity contribution in [1.29, 1.82) is 0 Å². The summed E-state index contributed by atoms with van der Waals surface area (Å²) in [4.78, 5) is 6.03. The second-order valence-electron chi connectivity index (χ2n) is 32.0. The highest BCUT2D eigenvalue weighted by Gasteiger charge is 2.18. The highest BCUT2D eigenvalue weighted by molar-refractivity contribution is 7.81. The predicted molar refractivity (Wildman–Crippen MR) is 529 cm³/mol. The van der Waals surface area contributed by atoms with Crippen molar-refractivity contribution < 1.29 is 233 Å². The Bertz CT molecular complexity index is 2520. The fourth-order valence-corrected chi connectivity index (χ4v) is 11.7. The van der Waals surface area contributed by atoms with Gasteiger partial charge in [0.15, 0.2) is 0 Å². The van der Waals surface area contributed by atoms with Crippen LogP contribution in [0.1, 0.15) is 38.5 Å². The van der Waals surface area contributed by atoms with Gasteiger partial charge in [-0.05, 0) is 25.7 Å². The highest BCUT2D eigenvalue weighted by Crippen LogP contribution is 2.06. The number of nitrogens with zero attached hydrogens (tertiary/aromatic N) is 2. The first-order valence-corrected chi connectivity index (χ1v) is 54.4. The number of quaternary nitrogens is 2. The Morgan fingerprint density at radius 3 is 0.390 bits per heavy atom. The van der Waals surface area contributed by atoms with Gasteiger partial charge in [0.1, 0.15) is 19.7 Å². The van der Waals surface area contributed by atoms with Gasteiger partial charge in [0.05, 0.1) is 537 Å². The minimum atomic E-state index is -4.44. The molecule has 0 aliphatic rings. The van der Waals surface area contributed by atoms with Crippen LogP contribution in [0.2, 0.25) is 0 Å². The molecule has 0 atom stereocenters. The molecule has 0 aliphatic carbocycles. The first-order chi connectivity index (χ1) is 71.6. The standard InChI is InChI=1S/C94H192N2O48S2/c1-95(2,13-20-107-23-26-110-29-32-113-35-38-116-41-44-119-45-46-120-47-48-121-49-50-122-51-52-123-53-54-124-55-56-125-57-58-126-59-60-127-61-62-128-63-64-129-67-70-132-73-76-135-79-82-138-85-88-141-91-94-144-146(100,101)102)11-9-18-103-14-5-6-15-104-19-10-12-96(3,4)142-92-89-139-86-83-136-80-77-133-74-71-130-68-65-117-42-39-114-36-33-111-30-27-108-24-21-105-16-7-8-17-106-22-25-109-28-31-112-34-37-115-40-43-118-66-69-131-72-75-134-78-81-137-84-87-140-90-93-143-145(97,98)99/h5-94H2,1-4H3/p+2. The van der Waals surface area contributed by atoms with E-state index in [1.807, 2.05) is 14.1 Å². The third-order valence-electron chi connectivity index (χ3n) is 18.8. The summed E-state index contributed by atoms with van der Waals surface area (Å²) < 4.78 is 284. The number of hydrogen-bond acceptors (Lipinski definition) is 46. The Hall–Kier alpha value is -1.94. The molecule has 50 nitrogen and oxygen atoms in total. The number of hydrogen-bond donors (Lipinski definition) is 2.